The van der Waals surface area contributed by atoms with Crippen molar-refractivity contribution in [3.8, 4) is 28.5 Å². The minimum atomic E-state index is 0.616. The van der Waals surface area contributed by atoms with Gasteiger partial charge in [0.1, 0.15) is 17.7 Å². The maximum atomic E-state index is 5.34. The normalized spacial score (nSPS) is 10.6. The Morgan fingerprint density at radius 2 is 2.11 bits per heavy atom. The molecular formula is C14H13N3O2. The van der Waals surface area contributed by atoms with Gasteiger partial charge in [-0.1, -0.05) is 12.1 Å². The summed E-state index contributed by atoms with van der Waals surface area (Å²) >= 11 is 0. The highest BCUT2D eigenvalue weighted by molar-refractivity contribution is 5.68. The quantitative estimate of drug-likeness (QED) is 0.781. The Kier molecular flexibility index (Phi) is 2.79. The van der Waals surface area contributed by atoms with Crippen LogP contribution in [0.5, 0.6) is 5.75 Å². The number of nitrogens with zero attached hydrogens (tertiary/aromatic N) is 2. The number of hydrogen-bond donors (Lipinski definition) is 1. The maximum absolute atomic E-state index is 5.34. The molecule has 0 atom stereocenters. The number of methoxy groups -OCH3 is 1. The maximum Gasteiger partial charge on any atom is 0.191 e. The minimum absolute atomic E-state index is 0.616. The second-order valence-electron chi connectivity index (χ2n) is 4.10. The molecule has 2 heterocycles. The standard InChI is InChI=1S/C14H13N3O2/c1-9-16-12(8-19-9)14-15-7-11(17-14)10-5-3-4-6-13(10)18-2/h3-8H,1-2H3,(H,15,17). The zero-order chi connectivity index (χ0) is 13.2. The molecular weight excluding hydrogens is 242 g/mol. The minimum Gasteiger partial charge on any atom is -0.496 e. The molecule has 0 fully saturated rings. The molecule has 1 N–H and O–H groups in total. The fourth-order valence-electron chi connectivity index (χ4n) is 1.93. The average Bonchev–Trinajstić information content (AvgIpc) is 3.07. The van der Waals surface area contributed by atoms with E-state index in [-0.39, 0.29) is 0 Å². The summed E-state index contributed by atoms with van der Waals surface area (Å²) in [7, 11) is 1.65. The molecule has 2 aromatic heterocycles. The Hall–Kier alpha value is -2.56. The average molecular weight is 255 g/mol. The Morgan fingerprint density at radius 3 is 2.84 bits per heavy atom. The van der Waals surface area contributed by atoms with Crippen molar-refractivity contribution in [1.29, 1.82) is 0 Å². The lowest BCUT2D eigenvalue weighted by atomic mass is 10.1. The van der Waals surface area contributed by atoms with E-state index in [1.54, 1.807) is 26.5 Å². The van der Waals surface area contributed by atoms with Crippen LogP contribution in [0, 0.1) is 6.92 Å². The molecule has 5 heteroatoms. The number of oxazole rings is 1. The third kappa shape index (κ3) is 2.10. The van der Waals surface area contributed by atoms with E-state index in [0.29, 0.717) is 17.4 Å². The van der Waals surface area contributed by atoms with E-state index in [0.717, 1.165) is 17.0 Å². The lowest BCUT2D eigenvalue weighted by Crippen LogP contribution is -1.87. The number of benzene rings is 1. The van der Waals surface area contributed by atoms with Crippen LogP contribution in [0.4, 0.5) is 0 Å². The Balaban J connectivity index is 2.01. The predicted octanol–water partition coefficient (Wildman–Crippen LogP) is 3.05. The third-order valence-electron chi connectivity index (χ3n) is 2.83. The highest BCUT2D eigenvalue weighted by Crippen LogP contribution is 2.29. The van der Waals surface area contributed by atoms with Gasteiger partial charge in [0, 0.05) is 12.5 Å². The zero-order valence-corrected chi connectivity index (χ0v) is 10.7. The van der Waals surface area contributed by atoms with Gasteiger partial charge in [0.25, 0.3) is 0 Å². The summed E-state index contributed by atoms with van der Waals surface area (Å²) in [5, 5.41) is 0. The topological polar surface area (TPSA) is 63.9 Å². The molecule has 0 saturated heterocycles. The van der Waals surface area contributed by atoms with Crippen molar-refractivity contribution in [3.05, 3.63) is 42.6 Å². The summed E-state index contributed by atoms with van der Waals surface area (Å²) < 4.78 is 10.5. The predicted molar refractivity (Wildman–Crippen MR) is 70.8 cm³/mol. The molecule has 0 saturated carbocycles. The lowest BCUT2D eigenvalue weighted by molar-refractivity contribution is 0.416. The van der Waals surface area contributed by atoms with Gasteiger partial charge < -0.3 is 14.1 Å². The number of aromatic nitrogens is 3. The third-order valence-corrected chi connectivity index (χ3v) is 2.83. The first-order valence-corrected chi connectivity index (χ1v) is 5.89. The number of aryl methyl sites for hydroxylation is 1. The fraction of sp³-hybridized carbons (Fsp3) is 0.143. The van der Waals surface area contributed by atoms with Crippen LogP contribution in [0.25, 0.3) is 22.8 Å². The van der Waals surface area contributed by atoms with E-state index in [4.69, 9.17) is 9.15 Å². The molecule has 96 valence electrons. The molecule has 1 aromatic carbocycles. The van der Waals surface area contributed by atoms with E-state index in [2.05, 4.69) is 15.0 Å². The van der Waals surface area contributed by atoms with E-state index in [1.807, 2.05) is 24.3 Å². The lowest BCUT2D eigenvalue weighted by Gasteiger charge is -2.05. The van der Waals surface area contributed by atoms with Gasteiger partial charge in [0.05, 0.1) is 19.0 Å². The van der Waals surface area contributed by atoms with Crippen molar-refractivity contribution in [2.45, 2.75) is 6.92 Å². The van der Waals surface area contributed by atoms with E-state index >= 15 is 0 Å². The van der Waals surface area contributed by atoms with Crippen LogP contribution in [0.3, 0.4) is 0 Å². The van der Waals surface area contributed by atoms with Crippen LogP contribution < -0.4 is 4.74 Å². The van der Waals surface area contributed by atoms with Gasteiger partial charge in [0.2, 0.25) is 0 Å². The number of rotatable bonds is 3. The summed E-state index contributed by atoms with van der Waals surface area (Å²) in [4.78, 5) is 11.8. The second kappa shape index (κ2) is 4.61. The summed E-state index contributed by atoms with van der Waals surface area (Å²) in [5.41, 5.74) is 2.54. The van der Waals surface area contributed by atoms with Crippen molar-refractivity contribution >= 4 is 0 Å². The van der Waals surface area contributed by atoms with Gasteiger partial charge in [0.15, 0.2) is 11.7 Å². The smallest absolute Gasteiger partial charge is 0.191 e. The van der Waals surface area contributed by atoms with Crippen molar-refractivity contribution in [3.63, 3.8) is 0 Å². The van der Waals surface area contributed by atoms with Crippen LogP contribution in [0.1, 0.15) is 5.89 Å². The van der Waals surface area contributed by atoms with Gasteiger partial charge >= 0.3 is 0 Å². The van der Waals surface area contributed by atoms with Crippen LogP contribution in [-0.4, -0.2) is 22.1 Å². The number of hydrogen-bond acceptors (Lipinski definition) is 4. The first-order chi connectivity index (χ1) is 9.28. The molecule has 0 aliphatic carbocycles. The fourth-order valence-corrected chi connectivity index (χ4v) is 1.93. The highest BCUT2D eigenvalue weighted by atomic mass is 16.5. The van der Waals surface area contributed by atoms with Crippen molar-refractivity contribution in [2.75, 3.05) is 7.11 Å². The largest absolute Gasteiger partial charge is 0.496 e. The Labute approximate surface area is 110 Å². The zero-order valence-electron chi connectivity index (χ0n) is 10.7. The van der Waals surface area contributed by atoms with Gasteiger partial charge in [-0.05, 0) is 12.1 Å². The Morgan fingerprint density at radius 1 is 1.26 bits per heavy atom. The molecule has 3 aromatic rings. The molecule has 0 spiro atoms. The second-order valence-corrected chi connectivity index (χ2v) is 4.10. The van der Waals surface area contributed by atoms with Crippen molar-refractivity contribution in [1.82, 2.24) is 15.0 Å². The monoisotopic (exact) mass is 255 g/mol. The number of para-hydroxylation sites is 1. The molecule has 0 amide bonds. The molecule has 0 aliphatic rings. The van der Waals surface area contributed by atoms with Crippen LogP contribution in [0.2, 0.25) is 0 Å². The molecule has 3 rings (SSSR count). The number of imidazole rings is 1. The van der Waals surface area contributed by atoms with E-state index in [1.165, 1.54) is 0 Å². The van der Waals surface area contributed by atoms with E-state index < -0.39 is 0 Å². The van der Waals surface area contributed by atoms with Crippen molar-refractivity contribution in [2.24, 2.45) is 0 Å². The highest BCUT2D eigenvalue weighted by Gasteiger charge is 2.11. The number of ether oxygens (including phenoxy) is 1. The van der Waals surface area contributed by atoms with Crippen LogP contribution in [-0.2, 0) is 0 Å². The van der Waals surface area contributed by atoms with E-state index in [9.17, 15) is 0 Å². The first-order valence-electron chi connectivity index (χ1n) is 5.89. The SMILES string of the molecule is COc1ccccc1-c1cnc(-c2coc(C)n2)[nH]1. The van der Waals surface area contributed by atoms with Gasteiger partial charge in [-0.25, -0.2) is 9.97 Å². The molecule has 0 bridgehead atoms. The number of H-pyrrole nitrogens is 1. The number of nitrogens with one attached hydrogen (secondary N) is 1. The summed E-state index contributed by atoms with van der Waals surface area (Å²) in [6.07, 6.45) is 3.34. The van der Waals surface area contributed by atoms with Gasteiger partial charge in [-0.2, -0.15) is 0 Å². The summed E-state index contributed by atoms with van der Waals surface area (Å²) in [6.45, 7) is 1.80. The molecule has 5 nitrogen and oxygen atoms in total. The molecule has 19 heavy (non-hydrogen) atoms. The molecule has 0 unspecified atom stereocenters. The first kappa shape index (κ1) is 11.5. The number of aromatic amines is 1. The summed E-state index contributed by atoms with van der Waals surface area (Å²) in [5.74, 6) is 2.09. The van der Waals surface area contributed by atoms with Gasteiger partial charge in [-0.15, -0.1) is 0 Å². The van der Waals surface area contributed by atoms with Gasteiger partial charge in [-0.3, -0.25) is 0 Å². The van der Waals surface area contributed by atoms with Crippen molar-refractivity contribution < 1.29 is 9.15 Å². The Bertz CT molecular complexity index is 700. The summed E-state index contributed by atoms with van der Waals surface area (Å²) in [6, 6.07) is 7.78. The molecule has 0 radical (unpaired) electrons. The molecule has 0 aliphatic heterocycles. The van der Waals surface area contributed by atoms with Crippen LogP contribution in [0.15, 0.2) is 41.1 Å². The van der Waals surface area contributed by atoms with Crippen LogP contribution >= 0.6 is 0 Å².